The summed E-state index contributed by atoms with van der Waals surface area (Å²) >= 11 is 0. The van der Waals surface area contributed by atoms with E-state index in [0.29, 0.717) is 0 Å². The minimum absolute atomic E-state index is 0. The van der Waals surface area contributed by atoms with Crippen molar-refractivity contribution in [2.24, 2.45) is 0 Å². The van der Waals surface area contributed by atoms with Gasteiger partial charge in [0.25, 0.3) is 0 Å². The van der Waals surface area contributed by atoms with Gasteiger partial charge in [-0.1, -0.05) is 0 Å². The predicted octanol–water partition coefficient (Wildman–Crippen LogP) is -6.39. The maximum absolute atomic E-state index is 8.25. The van der Waals surface area contributed by atoms with Gasteiger partial charge in [0.05, 0.1) is 30.5 Å². The zero-order valence-corrected chi connectivity index (χ0v) is 17.1. The minimum Gasteiger partial charge on any atom is -0.412 e. The first-order valence-corrected chi connectivity index (χ1v) is 3.29. The number of hydrogen-bond acceptors (Lipinski definition) is 18. The van der Waals surface area contributed by atoms with Crippen molar-refractivity contribution in [2.45, 2.75) is 0 Å². The van der Waals surface area contributed by atoms with E-state index in [-0.39, 0.29) is 82.9 Å². The summed E-state index contributed by atoms with van der Waals surface area (Å²) in [6.45, 7) is 0. The summed E-state index contributed by atoms with van der Waals surface area (Å²) in [6, 6.07) is 0. The van der Waals surface area contributed by atoms with Crippen molar-refractivity contribution >= 4 is 0 Å². The van der Waals surface area contributed by atoms with Gasteiger partial charge in [-0.3, -0.25) is 0 Å². The molecular weight excluding hydrogens is 645 g/mol. The first-order chi connectivity index (χ1) is 10.4. The molecule has 0 fully saturated rings. The molecule has 33 heavy (non-hydrogen) atoms. The Labute approximate surface area is 205 Å². The van der Waals surface area contributed by atoms with E-state index >= 15 is 0 Å². The normalized spacial score (nSPS) is 4.36. The van der Waals surface area contributed by atoms with Crippen molar-refractivity contribution in [2.75, 3.05) is 0 Å². The molecular formula is H12Co2N6NiO24. The monoisotopic (exact) mass is 656 g/mol. The van der Waals surface area contributed by atoms with E-state index in [9.17, 15) is 0 Å². The van der Waals surface area contributed by atoms with Crippen molar-refractivity contribution < 1.29 is 113 Å². The number of hydrogen-bond donors (Lipinski definition) is 0. The fourth-order valence-corrected chi connectivity index (χ4v) is 0. The summed E-state index contributed by atoms with van der Waals surface area (Å²) in [6.07, 6.45) is 0. The minimum atomic E-state index is -1.75. The molecule has 30 nitrogen and oxygen atoms in total. The Hall–Kier alpha value is -3.53. The van der Waals surface area contributed by atoms with Gasteiger partial charge in [-0.25, -0.2) is 0 Å². The summed E-state index contributed by atoms with van der Waals surface area (Å²) in [4.78, 5) is 49.5. The summed E-state index contributed by atoms with van der Waals surface area (Å²) in [7, 11) is 0. The second-order valence-electron chi connectivity index (χ2n) is 1.34. The van der Waals surface area contributed by atoms with E-state index in [1.54, 1.807) is 0 Å². The molecule has 0 aromatic rings. The van der Waals surface area contributed by atoms with E-state index in [0.717, 1.165) is 0 Å². The second-order valence-corrected chi connectivity index (χ2v) is 1.34. The fraction of sp³-hybridized carbons (Fsp3) is 0. The average molecular weight is 657 g/mol. The van der Waals surface area contributed by atoms with Crippen LogP contribution in [0.1, 0.15) is 0 Å². The van der Waals surface area contributed by atoms with Crippen molar-refractivity contribution in [1.82, 2.24) is 0 Å². The number of nitrogens with zero attached hydrogens (tertiary/aromatic N) is 6. The quantitative estimate of drug-likeness (QED) is 0.133. The maximum Gasteiger partial charge on any atom is 2.00 e. The SMILES string of the molecule is O.O.O.O.O.O.O=[N+]([O-])[O-].O=[N+]([O-])[O-].O=[N+]([O-])[O-].O=[N+]([O-])[O-].O=[N+]([O-])[O-].O=[N+]([O-])[O-].[Co+2].[Co+2].[Ni+2]. The standard InChI is InChI=1S/2Co.6NO3.Ni.6H2O/c;;6*2-1(3)4;;;;;;;/h;;;;;;;;;6*1H2/q2*+2;6*-1;+2;;;;;;. The molecule has 0 aliphatic carbocycles. The average Bonchev–Trinajstić information content (AvgIpc) is 2.08. The smallest absolute Gasteiger partial charge is 0.412 e. The first kappa shape index (κ1) is 114. The third-order valence-electron chi connectivity index (χ3n) is 0. The largest absolute Gasteiger partial charge is 2.00 e. The van der Waals surface area contributed by atoms with Crippen molar-refractivity contribution in [1.29, 1.82) is 0 Å². The van der Waals surface area contributed by atoms with Gasteiger partial charge in [0.15, 0.2) is 0 Å². The van der Waals surface area contributed by atoms with E-state index in [2.05, 4.69) is 0 Å². The van der Waals surface area contributed by atoms with Gasteiger partial charge < -0.3 is 125 Å². The molecule has 0 bridgehead atoms. The fourth-order valence-electron chi connectivity index (χ4n) is 0. The number of rotatable bonds is 0. The van der Waals surface area contributed by atoms with E-state index < -0.39 is 30.5 Å². The summed E-state index contributed by atoms with van der Waals surface area (Å²) in [5.74, 6) is 0. The van der Waals surface area contributed by atoms with E-state index in [1.165, 1.54) is 0 Å². The van der Waals surface area contributed by atoms with Gasteiger partial charge >= 0.3 is 50.0 Å². The van der Waals surface area contributed by atoms with Crippen molar-refractivity contribution in [3.05, 3.63) is 91.9 Å². The van der Waals surface area contributed by atoms with Crippen LogP contribution >= 0.6 is 0 Å². The molecule has 214 valence electrons. The van der Waals surface area contributed by atoms with Gasteiger partial charge in [0, 0.05) is 0 Å². The molecule has 0 rings (SSSR count). The molecule has 33 heteroatoms. The van der Waals surface area contributed by atoms with E-state index in [4.69, 9.17) is 91.9 Å². The molecule has 2 radical (unpaired) electrons. The van der Waals surface area contributed by atoms with Crippen LogP contribution in [-0.2, 0) is 50.0 Å². The molecule has 0 saturated carbocycles. The molecule has 0 aliphatic rings. The molecule has 0 aromatic heterocycles. The van der Waals surface area contributed by atoms with Crippen LogP contribution in [0.4, 0.5) is 0 Å². The van der Waals surface area contributed by atoms with Gasteiger partial charge in [-0.15, -0.1) is 0 Å². The van der Waals surface area contributed by atoms with Crippen LogP contribution in [0.5, 0.6) is 0 Å². The van der Waals surface area contributed by atoms with Crippen LogP contribution in [0.2, 0.25) is 0 Å². The van der Waals surface area contributed by atoms with Gasteiger partial charge in [0.2, 0.25) is 0 Å². The van der Waals surface area contributed by atoms with Crippen LogP contribution in [0.25, 0.3) is 0 Å². The molecule has 0 unspecified atom stereocenters. The molecule has 0 saturated heterocycles. The third kappa shape index (κ3) is 1600. The predicted molar refractivity (Wildman–Crippen MR) is 83.9 cm³/mol. The molecule has 0 amide bonds. The van der Waals surface area contributed by atoms with Crippen molar-refractivity contribution in [3.63, 3.8) is 0 Å². The third-order valence-corrected chi connectivity index (χ3v) is 0. The molecule has 0 spiro atoms. The maximum atomic E-state index is 8.25. The van der Waals surface area contributed by atoms with Gasteiger partial charge in [-0.05, 0) is 0 Å². The molecule has 0 heterocycles. The summed E-state index contributed by atoms with van der Waals surface area (Å²) in [5.41, 5.74) is 0. The van der Waals surface area contributed by atoms with Crippen LogP contribution in [0, 0.1) is 91.9 Å². The Kier molecular flexibility index (Phi) is 355. The molecule has 0 aromatic carbocycles. The topological polar surface area (TPSA) is 586 Å². The van der Waals surface area contributed by atoms with Crippen LogP contribution < -0.4 is 0 Å². The van der Waals surface area contributed by atoms with Gasteiger partial charge in [-0.2, -0.15) is 0 Å². The zero-order valence-electron chi connectivity index (χ0n) is 14.0. The Morgan fingerprint density at radius 3 is 0.273 bits per heavy atom. The van der Waals surface area contributed by atoms with E-state index in [1.807, 2.05) is 0 Å². The zero-order chi connectivity index (χ0) is 21.5. The molecule has 12 N–H and O–H groups in total. The van der Waals surface area contributed by atoms with Crippen molar-refractivity contribution in [3.8, 4) is 0 Å². The summed E-state index contributed by atoms with van der Waals surface area (Å²) < 4.78 is 0. The van der Waals surface area contributed by atoms with Crippen LogP contribution in [0.3, 0.4) is 0 Å². The van der Waals surface area contributed by atoms with Crippen LogP contribution in [-0.4, -0.2) is 63.4 Å². The van der Waals surface area contributed by atoms with Crippen LogP contribution in [0.15, 0.2) is 0 Å². The Bertz CT molecular complexity index is 270. The Morgan fingerprint density at radius 2 is 0.273 bits per heavy atom. The second kappa shape index (κ2) is 103. The Balaban J connectivity index is -0.00000000859. The first-order valence-electron chi connectivity index (χ1n) is 3.29. The van der Waals surface area contributed by atoms with Gasteiger partial charge in [0.1, 0.15) is 0 Å². The Morgan fingerprint density at radius 1 is 0.273 bits per heavy atom. The molecule has 0 aliphatic heterocycles. The summed E-state index contributed by atoms with van der Waals surface area (Å²) in [5, 5.41) is 88.5. The molecule has 0 atom stereocenters.